The standard InChI is InChI=1S/C27H32N4O/c1-18(16-24(28)22-14-12-21(13-15-22)20-8-4-3-5-9-20)30-27(32)31-26-17-19(2)29-25-11-7-6-10-23(25)26/h3-11,17-18,21-22,28H,12-16H2,1-2H3,(H2,29,30,31,32). The molecule has 1 heterocycles. The molecule has 32 heavy (non-hydrogen) atoms. The van der Waals surface area contributed by atoms with Crippen LogP contribution in [-0.4, -0.2) is 22.8 Å². The molecule has 2 aromatic carbocycles. The number of nitrogens with zero attached hydrogens (tertiary/aromatic N) is 1. The third-order valence-electron chi connectivity index (χ3n) is 6.49. The lowest BCUT2D eigenvalue weighted by molar-refractivity contribution is 0.249. The van der Waals surface area contributed by atoms with E-state index in [9.17, 15) is 4.79 Å². The number of nitrogens with one attached hydrogen (secondary N) is 3. The predicted octanol–water partition coefficient (Wildman–Crippen LogP) is 6.44. The van der Waals surface area contributed by atoms with Gasteiger partial charge in [0, 0.05) is 29.3 Å². The SMILES string of the molecule is Cc1cc(NC(=O)NC(C)CC(=N)C2CCC(c3ccccc3)CC2)c2ccccc2n1. The van der Waals surface area contributed by atoms with Gasteiger partial charge in [-0.1, -0.05) is 48.5 Å². The molecule has 1 aliphatic rings. The first-order chi connectivity index (χ1) is 15.5. The van der Waals surface area contributed by atoms with E-state index in [1.54, 1.807) is 0 Å². The van der Waals surface area contributed by atoms with E-state index in [0.29, 0.717) is 18.3 Å². The molecular formula is C27H32N4O. The molecule has 1 unspecified atom stereocenters. The molecule has 0 spiro atoms. The first-order valence-corrected chi connectivity index (χ1v) is 11.6. The third kappa shape index (κ3) is 5.34. The number of pyridine rings is 1. The maximum absolute atomic E-state index is 12.6. The summed E-state index contributed by atoms with van der Waals surface area (Å²) < 4.78 is 0. The number of carbonyl (C=O) groups excluding carboxylic acids is 1. The molecule has 0 aliphatic heterocycles. The number of anilines is 1. The van der Waals surface area contributed by atoms with Gasteiger partial charge in [-0.25, -0.2) is 4.79 Å². The van der Waals surface area contributed by atoms with Crippen molar-refractivity contribution in [2.45, 2.75) is 57.9 Å². The second kappa shape index (κ2) is 9.94. The van der Waals surface area contributed by atoms with Gasteiger partial charge in [0.25, 0.3) is 0 Å². The molecule has 1 saturated carbocycles. The van der Waals surface area contributed by atoms with Crippen molar-refractivity contribution < 1.29 is 4.79 Å². The quantitative estimate of drug-likeness (QED) is 0.395. The Balaban J connectivity index is 1.28. The number of carbonyl (C=O) groups is 1. The fraction of sp³-hybridized carbons (Fsp3) is 0.370. The smallest absolute Gasteiger partial charge is 0.319 e. The van der Waals surface area contributed by atoms with Crippen LogP contribution in [0.1, 0.15) is 56.2 Å². The minimum atomic E-state index is -0.242. The van der Waals surface area contributed by atoms with Crippen molar-refractivity contribution in [3.63, 3.8) is 0 Å². The van der Waals surface area contributed by atoms with Gasteiger partial charge in [0.05, 0.1) is 11.2 Å². The lowest BCUT2D eigenvalue weighted by Crippen LogP contribution is -2.38. The van der Waals surface area contributed by atoms with E-state index in [4.69, 9.17) is 5.41 Å². The van der Waals surface area contributed by atoms with Crippen molar-refractivity contribution in [3.8, 4) is 0 Å². The van der Waals surface area contributed by atoms with Crippen molar-refractivity contribution in [2.24, 2.45) is 5.92 Å². The van der Waals surface area contributed by atoms with Gasteiger partial charge in [-0.3, -0.25) is 4.98 Å². The Kier molecular flexibility index (Phi) is 6.84. The van der Waals surface area contributed by atoms with Crippen LogP contribution in [0.5, 0.6) is 0 Å². The molecule has 5 nitrogen and oxygen atoms in total. The van der Waals surface area contributed by atoms with Gasteiger partial charge in [-0.05, 0) is 69.1 Å². The number of urea groups is 1. The molecular weight excluding hydrogens is 396 g/mol. The van der Waals surface area contributed by atoms with Crippen LogP contribution >= 0.6 is 0 Å². The lowest BCUT2D eigenvalue weighted by atomic mass is 9.76. The van der Waals surface area contributed by atoms with Crippen LogP contribution in [0.2, 0.25) is 0 Å². The highest BCUT2D eigenvalue weighted by atomic mass is 16.2. The summed E-state index contributed by atoms with van der Waals surface area (Å²) in [5.74, 6) is 0.939. The first kappa shape index (κ1) is 22.0. The van der Waals surface area contributed by atoms with E-state index in [1.807, 2.05) is 44.2 Å². The van der Waals surface area contributed by atoms with Crippen LogP contribution in [0.15, 0.2) is 60.7 Å². The molecule has 1 atom stereocenters. The normalized spacial score (nSPS) is 19.3. The predicted molar refractivity (Wildman–Crippen MR) is 132 cm³/mol. The minimum absolute atomic E-state index is 0.0939. The number of fused-ring (bicyclic) bond motifs is 1. The van der Waals surface area contributed by atoms with Crippen LogP contribution < -0.4 is 10.6 Å². The third-order valence-corrected chi connectivity index (χ3v) is 6.49. The molecule has 0 saturated heterocycles. The van der Waals surface area contributed by atoms with Crippen LogP contribution in [0.25, 0.3) is 10.9 Å². The van der Waals surface area contributed by atoms with Gasteiger partial charge in [0.1, 0.15) is 0 Å². The Morgan fingerprint density at radius 2 is 1.75 bits per heavy atom. The average Bonchev–Trinajstić information content (AvgIpc) is 2.79. The number of para-hydroxylation sites is 1. The Morgan fingerprint density at radius 1 is 1.06 bits per heavy atom. The van der Waals surface area contributed by atoms with Crippen LogP contribution in [0.3, 0.4) is 0 Å². The van der Waals surface area contributed by atoms with Gasteiger partial charge in [-0.2, -0.15) is 0 Å². The summed E-state index contributed by atoms with van der Waals surface area (Å²) in [6, 6.07) is 20.1. The van der Waals surface area contributed by atoms with Crippen LogP contribution in [0.4, 0.5) is 10.5 Å². The molecule has 3 aromatic rings. The van der Waals surface area contributed by atoms with Crippen molar-refractivity contribution in [1.29, 1.82) is 5.41 Å². The topological polar surface area (TPSA) is 77.9 Å². The minimum Gasteiger partial charge on any atom is -0.335 e. The number of hydrogen-bond acceptors (Lipinski definition) is 3. The zero-order chi connectivity index (χ0) is 22.5. The second-order valence-electron chi connectivity index (χ2n) is 9.02. The zero-order valence-corrected chi connectivity index (χ0v) is 18.9. The number of rotatable bonds is 6. The first-order valence-electron chi connectivity index (χ1n) is 11.6. The van der Waals surface area contributed by atoms with Crippen molar-refractivity contribution in [3.05, 3.63) is 71.9 Å². The summed E-state index contributed by atoms with van der Waals surface area (Å²) >= 11 is 0. The van der Waals surface area contributed by atoms with Gasteiger partial charge in [0.15, 0.2) is 0 Å². The Morgan fingerprint density at radius 3 is 2.50 bits per heavy atom. The average molecular weight is 429 g/mol. The van der Waals surface area contributed by atoms with Gasteiger partial charge in [0.2, 0.25) is 0 Å². The monoisotopic (exact) mass is 428 g/mol. The molecule has 2 amide bonds. The summed E-state index contributed by atoms with van der Waals surface area (Å²) in [5, 5.41) is 15.5. The number of benzene rings is 2. The molecule has 0 radical (unpaired) electrons. The Hall–Kier alpha value is -3.21. The maximum Gasteiger partial charge on any atom is 0.319 e. The van der Waals surface area contributed by atoms with Gasteiger partial charge in [-0.15, -0.1) is 0 Å². The van der Waals surface area contributed by atoms with Gasteiger partial charge >= 0.3 is 6.03 Å². The van der Waals surface area contributed by atoms with E-state index in [1.165, 1.54) is 5.56 Å². The van der Waals surface area contributed by atoms with E-state index in [2.05, 4.69) is 45.9 Å². The number of hydrogen-bond donors (Lipinski definition) is 3. The second-order valence-corrected chi connectivity index (χ2v) is 9.02. The molecule has 3 N–H and O–H groups in total. The van der Waals surface area contributed by atoms with E-state index in [0.717, 1.165) is 53.7 Å². The molecule has 1 aromatic heterocycles. The number of aromatic nitrogens is 1. The van der Waals surface area contributed by atoms with E-state index >= 15 is 0 Å². The molecule has 166 valence electrons. The van der Waals surface area contributed by atoms with E-state index < -0.39 is 0 Å². The highest BCUT2D eigenvalue weighted by molar-refractivity contribution is 6.00. The fourth-order valence-electron chi connectivity index (χ4n) is 4.84. The highest BCUT2D eigenvalue weighted by Crippen LogP contribution is 2.36. The van der Waals surface area contributed by atoms with Crippen LogP contribution in [-0.2, 0) is 0 Å². The molecule has 0 bridgehead atoms. The summed E-state index contributed by atoms with van der Waals surface area (Å²) in [6.07, 6.45) is 4.96. The Bertz CT molecular complexity index is 1090. The maximum atomic E-state index is 12.6. The zero-order valence-electron chi connectivity index (χ0n) is 18.9. The van der Waals surface area contributed by atoms with E-state index in [-0.39, 0.29) is 12.1 Å². The van der Waals surface area contributed by atoms with Crippen LogP contribution in [0, 0.1) is 18.3 Å². The fourth-order valence-corrected chi connectivity index (χ4v) is 4.84. The number of aryl methyl sites for hydroxylation is 1. The van der Waals surface area contributed by atoms with Crippen molar-refractivity contribution in [2.75, 3.05) is 5.32 Å². The van der Waals surface area contributed by atoms with Crippen molar-refractivity contribution >= 4 is 28.3 Å². The lowest BCUT2D eigenvalue weighted by Gasteiger charge is -2.30. The molecule has 4 rings (SSSR count). The number of amides is 2. The summed E-state index contributed by atoms with van der Waals surface area (Å²) in [7, 11) is 0. The highest BCUT2D eigenvalue weighted by Gasteiger charge is 2.26. The summed E-state index contributed by atoms with van der Waals surface area (Å²) in [6.45, 7) is 3.89. The molecule has 5 heteroatoms. The molecule has 1 fully saturated rings. The molecule has 1 aliphatic carbocycles. The largest absolute Gasteiger partial charge is 0.335 e. The van der Waals surface area contributed by atoms with Gasteiger partial charge < -0.3 is 16.0 Å². The Labute approximate surface area is 190 Å². The summed E-state index contributed by atoms with van der Waals surface area (Å²) in [4.78, 5) is 17.1. The summed E-state index contributed by atoms with van der Waals surface area (Å²) in [5.41, 5.74) is 4.66. The van der Waals surface area contributed by atoms with Crippen molar-refractivity contribution in [1.82, 2.24) is 10.3 Å².